The summed E-state index contributed by atoms with van der Waals surface area (Å²) in [5.41, 5.74) is -1.20. The monoisotopic (exact) mass is 295 g/mol. The van der Waals surface area contributed by atoms with Crippen LogP contribution in [0.3, 0.4) is 0 Å². The van der Waals surface area contributed by atoms with Crippen LogP contribution in [0, 0.1) is 5.82 Å². The fourth-order valence-electron chi connectivity index (χ4n) is 1.07. The number of hydrogen-bond donors (Lipinski definition) is 0. The van der Waals surface area contributed by atoms with Crippen molar-refractivity contribution in [3.63, 3.8) is 0 Å². The fourth-order valence-corrected chi connectivity index (χ4v) is 1.60. The van der Waals surface area contributed by atoms with E-state index in [2.05, 4.69) is 4.40 Å². The van der Waals surface area contributed by atoms with Gasteiger partial charge in [0.15, 0.2) is 0 Å². The molecule has 0 N–H and O–H groups in total. The molecule has 0 spiro atoms. The number of rotatable bonds is 2. The third kappa shape index (κ3) is 4.50. The Balaban J connectivity index is 2.96. The van der Waals surface area contributed by atoms with Crippen molar-refractivity contribution in [1.82, 2.24) is 0 Å². The quantitative estimate of drug-likeness (QED) is 0.465. The zero-order chi connectivity index (χ0) is 14.8. The van der Waals surface area contributed by atoms with E-state index in [0.29, 0.717) is 6.07 Å². The van der Waals surface area contributed by atoms with Gasteiger partial charge in [-0.05, 0) is 39.0 Å². The topological polar surface area (TPSA) is 35.4 Å². The van der Waals surface area contributed by atoms with Crippen LogP contribution in [-0.4, -0.2) is 15.5 Å². The van der Waals surface area contributed by atoms with Crippen LogP contribution in [0.25, 0.3) is 0 Å². The Morgan fingerprint density at radius 2 is 1.79 bits per heavy atom. The predicted molar refractivity (Wildman–Crippen MR) is 66.9 cm³/mol. The highest BCUT2D eigenvalue weighted by Gasteiger charge is 2.31. The van der Waals surface area contributed by atoms with Gasteiger partial charge < -0.3 is 4.55 Å². The molecule has 0 unspecified atom stereocenters. The maximum absolute atomic E-state index is 13.4. The zero-order valence-electron chi connectivity index (χ0n) is 10.6. The SMILES string of the molecule is CC(C)(C)[S@+]([O-])N=Cc1ccc(C(F)(F)F)cc1F. The molecule has 1 aromatic carbocycles. The Morgan fingerprint density at radius 3 is 2.21 bits per heavy atom. The van der Waals surface area contributed by atoms with E-state index in [4.69, 9.17) is 0 Å². The van der Waals surface area contributed by atoms with E-state index < -0.39 is 33.7 Å². The molecule has 1 atom stereocenters. The molecule has 0 fully saturated rings. The summed E-state index contributed by atoms with van der Waals surface area (Å²) < 4.78 is 65.0. The van der Waals surface area contributed by atoms with Crippen LogP contribution < -0.4 is 0 Å². The van der Waals surface area contributed by atoms with Crippen molar-refractivity contribution in [2.45, 2.75) is 31.7 Å². The molecule has 0 heterocycles. The first-order valence-electron chi connectivity index (χ1n) is 5.34. The van der Waals surface area contributed by atoms with E-state index in [1.54, 1.807) is 20.8 Å². The number of halogens is 4. The molecule has 1 aromatic rings. The van der Waals surface area contributed by atoms with Crippen LogP contribution >= 0.6 is 0 Å². The fraction of sp³-hybridized carbons (Fsp3) is 0.417. The molecule has 106 valence electrons. The minimum absolute atomic E-state index is 0.134. The van der Waals surface area contributed by atoms with Crippen molar-refractivity contribution in [3.05, 3.63) is 35.1 Å². The second-order valence-corrected chi connectivity index (χ2v) is 6.76. The highest BCUT2D eigenvalue weighted by Crippen LogP contribution is 2.30. The summed E-state index contributed by atoms with van der Waals surface area (Å²) in [5, 5.41) is 0. The molecule has 0 aliphatic heterocycles. The van der Waals surface area contributed by atoms with Gasteiger partial charge in [0.1, 0.15) is 21.9 Å². The maximum Gasteiger partial charge on any atom is 0.416 e. The summed E-state index contributed by atoms with van der Waals surface area (Å²) in [6.07, 6.45) is -3.61. The van der Waals surface area contributed by atoms with Gasteiger partial charge in [0, 0.05) is 5.56 Å². The smallest absolute Gasteiger partial charge is 0.416 e. The zero-order valence-corrected chi connectivity index (χ0v) is 11.4. The van der Waals surface area contributed by atoms with Gasteiger partial charge in [-0.25, -0.2) is 4.39 Å². The molecule has 0 amide bonds. The highest BCUT2D eigenvalue weighted by atomic mass is 32.2. The van der Waals surface area contributed by atoms with E-state index in [0.717, 1.165) is 18.3 Å². The van der Waals surface area contributed by atoms with Crippen molar-refractivity contribution in [2.24, 2.45) is 4.40 Å². The molecule has 0 radical (unpaired) electrons. The molecule has 0 aliphatic rings. The lowest BCUT2D eigenvalue weighted by molar-refractivity contribution is -0.137. The van der Waals surface area contributed by atoms with Crippen molar-refractivity contribution < 1.29 is 22.1 Å². The molecule has 0 saturated carbocycles. The largest absolute Gasteiger partial charge is 0.591 e. The highest BCUT2D eigenvalue weighted by molar-refractivity contribution is 7.91. The van der Waals surface area contributed by atoms with Gasteiger partial charge in [0.25, 0.3) is 0 Å². The lowest BCUT2D eigenvalue weighted by Crippen LogP contribution is -2.25. The van der Waals surface area contributed by atoms with Gasteiger partial charge in [-0.2, -0.15) is 13.2 Å². The maximum atomic E-state index is 13.4. The molecule has 7 heteroatoms. The summed E-state index contributed by atoms with van der Waals surface area (Å²) in [6, 6.07) is 2.10. The van der Waals surface area contributed by atoms with Gasteiger partial charge in [-0.1, -0.05) is 4.40 Å². The van der Waals surface area contributed by atoms with E-state index in [9.17, 15) is 22.1 Å². The molecule has 2 nitrogen and oxygen atoms in total. The molecule has 19 heavy (non-hydrogen) atoms. The van der Waals surface area contributed by atoms with Crippen LogP contribution in [0.4, 0.5) is 17.6 Å². The number of benzene rings is 1. The van der Waals surface area contributed by atoms with Gasteiger partial charge in [-0.3, -0.25) is 0 Å². The molecule has 0 saturated heterocycles. The summed E-state index contributed by atoms with van der Waals surface area (Å²) in [5.74, 6) is -1.05. The number of alkyl halides is 3. The van der Waals surface area contributed by atoms with Crippen LogP contribution in [0.15, 0.2) is 22.6 Å². The molecular formula is C12H13F4NOS. The molecule has 1 rings (SSSR count). The summed E-state index contributed by atoms with van der Waals surface area (Å²) >= 11 is -1.59. The Bertz CT molecular complexity index is 480. The Labute approximate surface area is 111 Å². The minimum atomic E-state index is -4.59. The second-order valence-electron chi connectivity index (χ2n) is 4.83. The molecule has 0 bridgehead atoms. The Kier molecular flexibility index (Phi) is 4.63. The average molecular weight is 295 g/mol. The van der Waals surface area contributed by atoms with E-state index in [1.165, 1.54) is 0 Å². The van der Waals surface area contributed by atoms with Crippen molar-refractivity contribution in [1.29, 1.82) is 0 Å². The first-order chi connectivity index (χ1) is 8.51. The molecule has 0 aliphatic carbocycles. The summed E-state index contributed by atoms with van der Waals surface area (Å²) in [7, 11) is 0. The second kappa shape index (κ2) is 5.50. The van der Waals surface area contributed by atoms with Crippen LogP contribution in [-0.2, 0) is 17.5 Å². The van der Waals surface area contributed by atoms with Crippen LogP contribution in [0.1, 0.15) is 31.9 Å². The van der Waals surface area contributed by atoms with Gasteiger partial charge in [-0.15, -0.1) is 0 Å². The number of hydrogen-bond acceptors (Lipinski definition) is 2. The first kappa shape index (κ1) is 16.0. The Hall–Kier alpha value is -1.08. The van der Waals surface area contributed by atoms with Crippen LogP contribution in [0.5, 0.6) is 0 Å². The van der Waals surface area contributed by atoms with E-state index in [1.807, 2.05) is 0 Å². The normalized spacial score (nSPS) is 14.9. The lowest BCUT2D eigenvalue weighted by Gasteiger charge is -2.17. The lowest BCUT2D eigenvalue weighted by atomic mass is 10.1. The Morgan fingerprint density at radius 1 is 1.21 bits per heavy atom. The standard InChI is InChI=1S/C12H13F4NOS/c1-11(2,3)19(18)17-7-8-4-5-9(6-10(8)13)12(14,15)16/h4-7H,1-3H3/t19-/m0/s1. The number of nitrogens with zero attached hydrogens (tertiary/aromatic N) is 1. The molecule has 0 aromatic heterocycles. The van der Waals surface area contributed by atoms with E-state index >= 15 is 0 Å². The minimum Gasteiger partial charge on any atom is -0.591 e. The first-order valence-corrected chi connectivity index (χ1v) is 6.45. The van der Waals surface area contributed by atoms with Crippen molar-refractivity contribution in [2.75, 3.05) is 0 Å². The third-order valence-electron chi connectivity index (χ3n) is 2.14. The van der Waals surface area contributed by atoms with Gasteiger partial charge in [0.2, 0.25) is 0 Å². The van der Waals surface area contributed by atoms with Crippen molar-refractivity contribution >= 4 is 17.6 Å². The molecular weight excluding hydrogens is 282 g/mol. The summed E-state index contributed by atoms with van der Waals surface area (Å²) in [4.78, 5) is 0. The van der Waals surface area contributed by atoms with Crippen LogP contribution in [0.2, 0.25) is 0 Å². The van der Waals surface area contributed by atoms with Gasteiger partial charge >= 0.3 is 6.18 Å². The van der Waals surface area contributed by atoms with Crippen molar-refractivity contribution in [3.8, 4) is 0 Å². The van der Waals surface area contributed by atoms with Gasteiger partial charge in [0.05, 0.1) is 11.8 Å². The average Bonchev–Trinajstić information content (AvgIpc) is 2.24. The third-order valence-corrected chi connectivity index (χ3v) is 3.48. The predicted octanol–water partition coefficient (Wildman–Crippen LogP) is 3.73. The van der Waals surface area contributed by atoms with E-state index in [-0.39, 0.29) is 5.56 Å². The summed E-state index contributed by atoms with van der Waals surface area (Å²) in [6.45, 7) is 5.05.